The van der Waals surface area contributed by atoms with Gasteiger partial charge in [0.05, 0.1) is 13.2 Å². The Bertz CT molecular complexity index is 1550. The molecule has 5 amide bonds. The lowest BCUT2D eigenvalue weighted by Gasteiger charge is -2.52. The van der Waals surface area contributed by atoms with Crippen LogP contribution in [0, 0.1) is 22.7 Å². The predicted octanol–water partition coefficient (Wildman–Crippen LogP) is 7.62. The number of likely N-dealkylation sites (tertiary alicyclic amines) is 4. The molecule has 64 heavy (non-hydrogen) atoms. The molecule has 0 bridgehead atoms. The Hall–Kier alpha value is -3.63. The maximum atomic E-state index is 12.4. The lowest BCUT2D eigenvalue weighted by atomic mass is 9.64. The molecule has 0 aromatic rings. The van der Waals surface area contributed by atoms with Gasteiger partial charge in [-0.1, -0.05) is 21.3 Å². The number of piperidine rings is 2. The number of hydrogen-bond donors (Lipinski definition) is 0. The average Bonchev–Trinajstić information content (AvgIpc) is 3.88. The van der Waals surface area contributed by atoms with Gasteiger partial charge in [0.15, 0.2) is 0 Å². The number of carbonyl (C=O) groups is 6. The fourth-order valence-electron chi connectivity index (χ4n) is 11.5. The Morgan fingerprint density at radius 2 is 1.06 bits per heavy atom. The summed E-state index contributed by atoms with van der Waals surface area (Å²) >= 11 is 0. The van der Waals surface area contributed by atoms with Crippen molar-refractivity contribution in [3.8, 4) is 0 Å². The molecule has 14 nitrogen and oxygen atoms in total. The minimum absolute atomic E-state index is 0. The molecule has 4 aliphatic heterocycles. The predicted molar refractivity (Wildman–Crippen MR) is 239 cm³/mol. The van der Waals surface area contributed by atoms with Gasteiger partial charge in [-0.05, 0) is 122 Å². The summed E-state index contributed by atoms with van der Waals surface area (Å²) in [6, 6.07) is 1.11. The zero-order valence-corrected chi connectivity index (χ0v) is 39.4. The van der Waals surface area contributed by atoms with Crippen LogP contribution in [0.25, 0.3) is 0 Å². The first-order valence-electron chi connectivity index (χ1n) is 23.8. The monoisotopic (exact) mass is 915 g/mol. The van der Waals surface area contributed by atoms with Crippen LogP contribution in [0.1, 0.15) is 140 Å². The van der Waals surface area contributed by atoms with Crippen LogP contribution < -0.4 is 0 Å². The molecular weight excluding hydrogens is 834 g/mol. The van der Waals surface area contributed by atoms with Crippen LogP contribution in [-0.4, -0.2) is 168 Å². The molecule has 0 N–H and O–H groups in total. The summed E-state index contributed by atoms with van der Waals surface area (Å²) in [4.78, 5) is 80.1. The van der Waals surface area contributed by atoms with Crippen molar-refractivity contribution >= 4 is 35.7 Å². The number of carbonyl (C=O) groups excluding carboxylic acids is 6. The Morgan fingerprint density at radius 3 is 1.42 bits per heavy atom. The summed E-state index contributed by atoms with van der Waals surface area (Å²) in [7, 11) is 0. The number of halogens is 3. The first-order chi connectivity index (χ1) is 29.8. The van der Waals surface area contributed by atoms with Crippen molar-refractivity contribution in [2.75, 3.05) is 78.7 Å². The van der Waals surface area contributed by atoms with Gasteiger partial charge in [0.1, 0.15) is 5.78 Å². The second kappa shape index (κ2) is 24.2. The van der Waals surface area contributed by atoms with Crippen LogP contribution in [-0.2, 0) is 28.7 Å². The van der Waals surface area contributed by atoms with Crippen LogP contribution in [0.4, 0.5) is 22.8 Å². The van der Waals surface area contributed by atoms with E-state index in [9.17, 15) is 41.9 Å². The molecule has 2 spiro atoms. The van der Waals surface area contributed by atoms with E-state index in [0.717, 1.165) is 69.9 Å². The topological polar surface area (TPSA) is 140 Å². The van der Waals surface area contributed by atoms with Gasteiger partial charge >= 0.3 is 24.3 Å². The van der Waals surface area contributed by atoms with Gasteiger partial charge in [-0.25, -0.2) is 9.59 Å². The van der Waals surface area contributed by atoms with Gasteiger partial charge in [0.25, 0.3) is 0 Å². The van der Waals surface area contributed by atoms with E-state index >= 15 is 0 Å². The summed E-state index contributed by atoms with van der Waals surface area (Å²) in [6.45, 7) is 23.0. The van der Waals surface area contributed by atoms with E-state index in [1.807, 2.05) is 25.7 Å². The van der Waals surface area contributed by atoms with Crippen LogP contribution in [0.5, 0.6) is 0 Å². The third-order valence-electron chi connectivity index (χ3n) is 14.8. The molecule has 4 saturated heterocycles. The van der Waals surface area contributed by atoms with E-state index in [0.29, 0.717) is 81.2 Å². The number of hydrogen-bond acceptors (Lipinski definition) is 9. The van der Waals surface area contributed by atoms with Crippen LogP contribution >= 0.6 is 0 Å². The largest absolute Gasteiger partial charge is 0.471 e. The Labute approximate surface area is 381 Å². The fourth-order valence-corrected chi connectivity index (χ4v) is 11.5. The quantitative estimate of drug-likeness (QED) is 0.205. The molecular formula is C47H81F3N6O8. The normalized spacial score (nSPS) is 24.2. The Morgan fingerprint density at radius 1 is 0.656 bits per heavy atom. The van der Waals surface area contributed by atoms with Gasteiger partial charge in [-0.3, -0.25) is 19.2 Å². The molecule has 17 heteroatoms. The van der Waals surface area contributed by atoms with Crippen LogP contribution in [0.15, 0.2) is 0 Å². The number of amides is 5. The Kier molecular flexibility index (Phi) is 20.7. The summed E-state index contributed by atoms with van der Waals surface area (Å²) in [5, 5.41) is 0. The summed E-state index contributed by atoms with van der Waals surface area (Å²) in [5.41, 5.74) is 0.456. The number of alkyl halides is 3. The molecule has 0 radical (unpaired) electrons. The summed E-state index contributed by atoms with van der Waals surface area (Å²) in [5.74, 6) is -0.451. The molecule has 0 aromatic carbocycles. The van der Waals surface area contributed by atoms with E-state index in [-0.39, 0.29) is 61.9 Å². The van der Waals surface area contributed by atoms with Crippen molar-refractivity contribution in [1.29, 1.82) is 0 Å². The first-order valence-corrected chi connectivity index (χ1v) is 23.8. The second-order valence-electron chi connectivity index (χ2n) is 18.8. The molecule has 6 aliphatic rings. The first kappa shape index (κ1) is 54.7. The standard InChI is InChI=1S/C22H39N3O3.C14H23F3N2O2.C10H15NO3.CH4/c1-5-20(25(6-2)17(4)26)18-8-11-23(12-9-18)19-14-22(15-19)10-13-24(16-22)21(27)28-7-3;1-4-12(19(5-2)10(3)20)11-6-8-18(9-7-11)13(21)14(15,16)17;1-2-14-9(13)11-4-3-10(7-11)5-8(12)6-10;/h18-20H,5-16H2,1-4H3;11-12H,4-9H2,1-3H3;2-7H2,1H3;1H4. The molecule has 4 heterocycles. The van der Waals surface area contributed by atoms with Gasteiger partial charge in [-0.2, -0.15) is 13.2 Å². The minimum atomic E-state index is -4.80. The van der Waals surface area contributed by atoms with Gasteiger partial charge in [-0.15, -0.1) is 0 Å². The second-order valence-corrected chi connectivity index (χ2v) is 18.8. The third kappa shape index (κ3) is 13.7. The molecule has 2 aliphatic carbocycles. The van der Waals surface area contributed by atoms with Crippen LogP contribution in [0.3, 0.4) is 0 Å². The van der Waals surface area contributed by atoms with Crippen molar-refractivity contribution in [3.63, 3.8) is 0 Å². The summed E-state index contributed by atoms with van der Waals surface area (Å²) < 4.78 is 47.3. The molecule has 6 rings (SSSR count). The third-order valence-corrected chi connectivity index (χ3v) is 14.8. The highest BCUT2D eigenvalue weighted by molar-refractivity contribution is 5.86. The van der Waals surface area contributed by atoms with E-state index < -0.39 is 12.1 Å². The SMILES string of the molecule is C.CCC(C1CCN(C(=O)C(F)(F)F)CC1)N(CC)C(C)=O.CCOC(=O)N1CCC2(CC(=O)C2)C1.CCOC(=O)N1CCC2(CC(N3CCC(C(CC)N(CC)C(C)=O)CC3)C2)C1. The lowest BCUT2D eigenvalue weighted by molar-refractivity contribution is -0.187. The van der Waals surface area contributed by atoms with Gasteiger partial charge < -0.3 is 38.9 Å². The highest BCUT2D eigenvalue weighted by Gasteiger charge is 2.52. The number of ether oxygens (including phenoxy) is 2. The average molecular weight is 915 g/mol. The van der Waals surface area contributed by atoms with Crippen molar-refractivity contribution < 1.29 is 51.4 Å². The number of nitrogens with zero attached hydrogens (tertiary/aromatic N) is 6. The number of rotatable bonds is 11. The smallest absolute Gasteiger partial charge is 0.450 e. The minimum Gasteiger partial charge on any atom is -0.450 e. The number of Topliss-reactive ketones (excluding diaryl/α,β-unsaturated/α-hetero) is 1. The Balaban J connectivity index is 0.000000268. The molecule has 2 saturated carbocycles. The maximum absolute atomic E-state index is 12.4. The lowest BCUT2D eigenvalue weighted by Crippen LogP contribution is -2.55. The highest BCUT2D eigenvalue weighted by atomic mass is 19.4. The van der Waals surface area contributed by atoms with Crippen molar-refractivity contribution in [2.45, 2.75) is 164 Å². The fraction of sp³-hybridized carbons (Fsp3) is 0.872. The van der Waals surface area contributed by atoms with Gasteiger partial charge in [0.2, 0.25) is 11.8 Å². The summed E-state index contributed by atoms with van der Waals surface area (Å²) in [6.07, 6.45) is 5.88. The highest BCUT2D eigenvalue weighted by Crippen LogP contribution is 2.51. The zero-order chi connectivity index (χ0) is 46.7. The van der Waals surface area contributed by atoms with E-state index in [1.165, 1.54) is 32.6 Å². The molecule has 368 valence electrons. The molecule has 0 aromatic heterocycles. The van der Waals surface area contributed by atoms with Gasteiger partial charge in [0, 0.05) is 103 Å². The molecule has 6 fully saturated rings. The van der Waals surface area contributed by atoms with E-state index in [1.54, 1.807) is 23.6 Å². The van der Waals surface area contributed by atoms with E-state index in [2.05, 4.69) is 23.6 Å². The molecule has 2 atom stereocenters. The van der Waals surface area contributed by atoms with Crippen molar-refractivity contribution in [1.82, 2.24) is 29.4 Å². The number of ketones is 1. The van der Waals surface area contributed by atoms with Crippen LogP contribution in [0.2, 0.25) is 0 Å². The molecule has 2 unspecified atom stereocenters. The maximum Gasteiger partial charge on any atom is 0.471 e. The van der Waals surface area contributed by atoms with Crippen molar-refractivity contribution in [2.24, 2.45) is 22.7 Å². The van der Waals surface area contributed by atoms with E-state index in [4.69, 9.17) is 9.47 Å². The zero-order valence-electron chi connectivity index (χ0n) is 39.4. The van der Waals surface area contributed by atoms with Crippen molar-refractivity contribution in [3.05, 3.63) is 0 Å².